The van der Waals surface area contributed by atoms with Crippen LogP contribution in [0.5, 0.6) is 0 Å². The van der Waals surface area contributed by atoms with Crippen LogP contribution in [0.1, 0.15) is 41.4 Å². The summed E-state index contributed by atoms with van der Waals surface area (Å²) in [5, 5.41) is 12.7. The molecule has 5 heteroatoms. The second kappa shape index (κ2) is 4.57. The lowest BCUT2D eigenvalue weighted by molar-refractivity contribution is -0.118. The molecule has 4 rings (SSSR count). The molecule has 1 aromatic rings. The van der Waals surface area contributed by atoms with Gasteiger partial charge in [0.1, 0.15) is 5.00 Å². The van der Waals surface area contributed by atoms with Crippen molar-refractivity contribution in [1.29, 1.82) is 0 Å². The van der Waals surface area contributed by atoms with Gasteiger partial charge in [0.25, 0.3) is 0 Å². The van der Waals surface area contributed by atoms with E-state index in [2.05, 4.69) is 5.32 Å². The Kier molecular flexibility index (Phi) is 2.89. The van der Waals surface area contributed by atoms with Gasteiger partial charge in [-0.1, -0.05) is 6.92 Å². The van der Waals surface area contributed by atoms with Gasteiger partial charge in [0.05, 0.1) is 5.56 Å². The van der Waals surface area contributed by atoms with Gasteiger partial charge in [-0.2, -0.15) is 0 Å². The third-order valence-electron chi connectivity index (χ3n) is 5.64. The Balaban J connectivity index is 1.51. The zero-order chi connectivity index (χ0) is 14.7. The highest BCUT2D eigenvalue weighted by atomic mass is 32.1. The molecule has 3 aliphatic carbocycles. The molecular formula is C16H19NO3S. The van der Waals surface area contributed by atoms with E-state index in [9.17, 15) is 14.7 Å². The highest BCUT2D eigenvalue weighted by Crippen LogP contribution is 2.69. The minimum Gasteiger partial charge on any atom is -0.478 e. The first-order valence-electron chi connectivity index (χ1n) is 7.77. The standard InChI is InChI=1S/C16H19NO3S/c1-2-9-6-10(16(19)20)15(21-9)17-14(18)13-11-7-3-4-8(5-7)12(11)13/h6-8,11-13H,2-5H2,1H3,(H,17,18)(H,19,20). The largest absolute Gasteiger partial charge is 0.478 e. The average molecular weight is 305 g/mol. The second-order valence-electron chi connectivity index (χ2n) is 6.62. The van der Waals surface area contributed by atoms with E-state index in [1.807, 2.05) is 6.92 Å². The summed E-state index contributed by atoms with van der Waals surface area (Å²) in [5.74, 6) is 1.91. The van der Waals surface area contributed by atoms with Gasteiger partial charge in [0.15, 0.2) is 0 Å². The number of carboxylic acids is 1. The molecule has 4 nitrogen and oxygen atoms in total. The van der Waals surface area contributed by atoms with Gasteiger partial charge in [-0.3, -0.25) is 4.79 Å². The number of hydrogen-bond donors (Lipinski definition) is 2. The summed E-state index contributed by atoms with van der Waals surface area (Å²) in [6, 6.07) is 1.68. The quantitative estimate of drug-likeness (QED) is 0.897. The van der Waals surface area contributed by atoms with E-state index in [0.29, 0.717) is 16.8 Å². The number of fused-ring (bicyclic) bond motifs is 5. The van der Waals surface area contributed by atoms with Gasteiger partial charge >= 0.3 is 5.97 Å². The van der Waals surface area contributed by atoms with Crippen molar-refractivity contribution in [3.05, 3.63) is 16.5 Å². The SMILES string of the molecule is CCc1cc(C(=O)O)c(NC(=O)C2C3C4CCC(C4)C23)s1. The van der Waals surface area contributed by atoms with Gasteiger partial charge in [-0.25, -0.2) is 4.79 Å². The van der Waals surface area contributed by atoms with Gasteiger partial charge in [-0.05, 0) is 55.4 Å². The van der Waals surface area contributed by atoms with Gasteiger partial charge in [-0.15, -0.1) is 11.3 Å². The zero-order valence-electron chi connectivity index (χ0n) is 12.0. The fraction of sp³-hybridized carbons (Fsp3) is 0.625. The van der Waals surface area contributed by atoms with E-state index in [0.717, 1.165) is 23.1 Å². The normalized spacial score (nSPS) is 35.6. The van der Waals surface area contributed by atoms with Crippen molar-refractivity contribution in [2.75, 3.05) is 5.32 Å². The Morgan fingerprint density at radius 1 is 1.33 bits per heavy atom. The molecule has 0 saturated heterocycles. The first-order valence-corrected chi connectivity index (χ1v) is 8.58. The summed E-state index contributed by atoms with van der Waals surface area (Å²) in [4.78, 5) is 24.8. The predicted octanol–water partition coefficient (Wildman–Crippen LogP) is 3.24. The minimum absolute atomic E-state index is 0.0496. The number of carbonyl (C=O) groups excluding carboxylic acids is 1. The van der Waals surface area contributed by atoms with Crippen LogP contribution in [0.3, 0.4) is 0 Å². The summed E-state index contributed by atoms with van der Waals surface area (Å²) in [6.07, 6.45) is 4.68. The lowest BCUT2D eigenvalue weighted by atomic mass is 10.0. The summed E-state index contributed by atoms with van der Waals surface area (Å²) in [5.41, 5.74) is 0.235. The number of aromatic carboxylic acids is 1. The van der Waals surface area contributed by atoms with Crippen molar-refractivity contribution in [2.24, 2.45) is 29.6 Å². The van der Waals surface area contributed by atoms with Crippen LogP contribution in [0.15, 0.2) is 6.07 Å². The molecular weight excluding hydrogens is 286 g/mol. The molecule has 4 atom stereocenters. The van der Waals surface area contributed by atoms with Crippen LogP contribution in [0.2, 0.25) is 0 Å². The average Bonchev–Trinajstić information content (AvgIpc) is 2.80. The second-order valence-corrected chi connectivity index (χ2v) is 7.75. The number of thiophene rings is 1. The molecule has 2 N–H and O–H groups in total. The molecule has 0 aliphatic heterocycles. The van der Waals surface area contributed by atoms with Crippen LogP contribution in [-0.2, 0) is 11.2 Å². The number of rotatable bonds is 4. The smallest absolute Gasteiger partial charge is 0.338 e. The molecule has 112 valence electrons. The number of carbonyl (C=O) groups is 2. The maximum atomic E-state index is 12.5. The van der Waals surface area contributed by atoms with Gasteiger partial charge in [0.2, 0.25) is 5.91 Å². The van der Waals surface area contributed by atoms with Crippen LogP contribution in [0, 0.1) is 29.6 Å². The molecule has 0 aromatic carbocycles. The molecule has 1 amide bonds. The number of nitrogens with one attached hydrogen (secondary N) is 1. The highest BCUT2D eigenvalue weighted by Gasteiger charge is 2.67. The molecule has 21 heavy (non-hydrogen) atoms. The maximum Gasteiger partial charge on any atom is 0.338 e. The molecule has 4 unspecified atom stereocenters. The lowest BCUT2D eigenvalue weighted by Gasteiger charge is -2.09. The first kappa shape index (κ1) is 13.3. The Morgan fingerprint density at radius 2 is 2.00 bits per heavy atom. The van der Waals surface area contributed by atoms with Crippen LogP contribution in [0.25, 0.3) is 0 Å². The molecule has 0 radical (unpaired) electrons. The molecule has 1 aromatic heterocycles. The number of aryl methyl sites for hydroxylation is 1. The number of carboxylic acid groups (broad SMARTS) is 1. The highest BCUT2D eigenvalue weighted by molar-refractivity contribution is 7.16. The summed E-state index contributed by atoms with van der Waals surface area (Å²) >= 11 is 1.39. The monoisotopic (exact) mass is 305 g/mol. The van der Waals surface area contributed by atoms with Crippen LogP contribution >= 0.6 is 11.3 Å². The predicted molar refractivity (Wildman–Crippen MR) is 80.6 cm³/mol. The van der Waals surface area contributed by atoms with E-state index in [-0.39, 0.29) is 17.4 Å². The molecule has 3 saturated carbocycles. The Bertz CT molecular complexity index is 607. The van der Waals surface area contributed by atoms with Gasteiger partial charge < -0.3 is 10.4 Å². The van der Waals surface area contributed by atoms with Crippen molar-refractivity contribution >= 4 is 28.2 Å². The van der Waals surface area contributed by atoms with Gasteiger partial charge in [0, 0.05) is 10.8 Å². The minimum atomic E-state index is -0.961. The van der Waals surface area contributed by atoms with Crippen LogP contribution < -0.4 is 5.32 Å². The van der Waals surface area contributed by atoms with Crippen molar-refractivity contribution in [3.8, 4) is 0 Å². The fourth-order valence-electron chi connectivity index (χ4n) is 4.74. The summed E-state index contributed by atoms with van der Waals surface area (Å²) in [6.45, 7) is 1.99. The third kappa shape index (κ3) is 1.94. The molecule has 1 heterocycles. The molecule has 2 bridgehead atoms. The van der Waals surface area contributed by atoms with Crippen molar-refractivity contribution < 1.29 is 14.7 Å². The Hall–Kier alpha value is -1.36. The lowest BCUT2D eigenvalue weighted by Crippen LogP contribution is -2.19. The maximum absolute atomic E-state index is 12.5. The van der Waals surface area contributed by atoms with E-state index in [1.54, 1.807) is 6.07 Å². The van der Waals surface area contributed by atoms with Crippen molar-refractivity contribution in [2.45, 2.75) is 32.6 Å². The zero-order valence-corrected chi connectivity index (χ0v) is 12.8. The summed E-state index contributed by atoms with van der Waals surface area (Å²) < 4.78 is 0. The molecule has 3 fully saturated rings. The van der Waals surface area contributed by atoms with E-state index >= 15 is 0 Å². The van der Waals surface area contributed by atoms with Crippen LogP contribution in [-0.4, -0.2) is 17.0 Å². The Labute approximate surface area is 127 Å². The first-order chi connectivity index (χ1) is 10.1. The van der Waals surface area contributed by atoms with Crippen molar-refractivity contribution in [1.82, 2.24) is 0 Å². The molecule has 0 spiro atoms. The number of hydrogen-bond acceptors (Lipinski definition) is 3. The number of anilines is 1. The van der Waals surface area contributed by atoms with E-state index < -0.39 is 5.97 Å². The Morgan fingerprint density at radius 3 is 2.57 bits per heavy atom. The summed E-state index contributed by atoms with van der Waals surface area (Å²) in [7, 11) is 0. The van der Waals surface area contributed by atoms with E-state index in [4.69, 9.17) is 0 Å². The third-order valence-corrected chi connectivity index (χ3v) is 6.83. The topological polar surface area (TPSA) is 66.4 Å². The number of amides is 1. The molecule has 3 aliphatic rings. The van der Waals surface area contributed by atoms with E-state index in [1.165, 1.54) is 30.6 Å². The van der Waals surface area contributed by atoms with Crippen molar-refractivity contribution in [3.63, 3.8) is 0 Å². The fourth-order valence-corrected chi connectivity index (χ4v) is 5.73. The van der Waals surface area contributed by atoms with Crippen LogP contribution in [0.4, 0.5) is 5.00 Å².